The molecule has 7 heteroatoms. The predicted molar refractivity (Wildman–Crippen MR) is 96.4 cm³/mol. The second-order valence-corrected chi connectivity index (χ2v) is 7.53. The van der Waals surface area contributed by atoms with Crippen molar-refractivity contribution in [2.45, 2.75) is 45.3 Å². The molecular weight excluding hydrogens is 344 g/mol. The van der Waals surface area contributed by atoms with E-state index in [1.54, 1.807) is 17.2 Å². The lowest BCUT2D eigenvalue weighted by atomic mass is 10.0. The molecule has 0 saturated carbocycles. The first-order chi connectivity index (χ1) is 11.7. The number of rotatable bonds is 4. The number of hydrogen-bond acceptors (Lipinski definition) is 5. The molecule has 0 bridgehead atoms. The fourth-order valence-electron chi connectivity index (χ4n) is 2.54. The quantitative estimate of drug-likeness (QED) is 0.853. The van der Waals surface area contributed by atoms with Crippen LogP contribution >= 0.6 is 11.6 Å². The third-order valence-corrected chi connectivity index (χ3v) is 4.03. The molecule has 2 heterocycles. The maximum Gasteiger partial charge on any atom is 0.410 e. The van der Waals surface area contributed by atoms with Crippen LogP contribution < -0.4 is 0 Å². The van der Waals surface area contributed by atoms with Gasteiger partial charge in [0.05, 0.1) is 23.4 Å². The Kier molecular flexibility index (Phi) is 6.43. The molecule has 1 atom stereocenters. The summed E-state index contributed by atoms with van der Waals surface area (Å²) in [6.45, 7) is 6.22. The van der Waals surface area contributed by atoms with Crippen molar-refractivity contribution >= 4 is 23.3 Å². The maximum absolute atomic E-state index is 12.1. The normalized spacial score (nSPS) is 16.4. The van der Waals surface area contributed by atoms with Gasteiger partial charge in [0, 0.05) is 25.7 Å². The average molecular weight is 369 g/mol. The maximum atomic E-state index is 12.1. The Morgan fingerprint density at radius 2 is 2.20 bits per heavy atom. The van der Waals surface area contributed by atoms with Crippen molar-refractivity contribution in [1.29, 1.82) is 0 Å². The molecule has 1 unspecified atom stereocenters. The molecule has 2 N–H and O–H groups in total. The number of pyridine rings is 1. The van der Waals surface area contributed by atoms with Gasteiger partial charge in [0.2, 0.25) is 0 Å². The number of ether oxygens (including phenoxy) is 1. The van der Waals surface area contributed by atoms with Crippen LogP contribution in [0.5, 0.6) is 0 Å². The third-order valence-electron chi connectivity index (χ3n) is 3.74. The van der Waals surface area contributed by atoms with Gasteiger partial charge in [-0.05, 0) is 44.4 Å². The largest absolute Gasteiger partial charge is 0.444 e. The van der Waals surface area contributed by atoms with Crippen molar-refractivity contribution in [1.82, 2.24) is 9.88 Å². The second-order valence-electron chi connectivity index (χ2n) is 7.12. The number of carbonyl (C=O) groups excluding carboxylic acids is 1. The zero-order valence-electron chi connectivity index (χ0n) is 14.8. The predicted octanol–water partition coefficient (Wildman–Crippen LogP) is 2.65. The molecule has 0 spiro atoms. The van der Waals surface area contributed by atoms with Gasteiger partial charge in [-0.3, -0.25) is 4.98 Å². The highest BCUT2D eigenvalue weighted by Crippen LogP contribution is 2.28. The van der Waals surface area contributed by atoms with Crippen LogP contribution in [0.2, 0.25) is 5.02 Å². The summed E-state index contributed by atoms with van der Waals surface area (Å²) < 4.78 is 5.38. The summed E-state index contributed by atoms with van der Waals surface area (Å²) in [5.41, 5.74) is 1.93. The molecule has 1 aromatic heterocycles. The first kappa shape index (κ1) is 19.7. The van der Waals surface area contributed by atoms with Crippen LogP contribution in [0.4, 0.5) is 4.79 Å². The minimum atomic E-state index is -0.819. The van der Waals surface area contributed by atoms with Crippen molar-refractivity contribution in [2.75, 3.05) is 19.7 Å². The summed E-state index contributed by atoms with van der Waals surface area (Å²) in [7, 11) is 0. The molecule has 25 heavy (non-hydrogen) atoms. The van der Waals surface area contributed by atoms with E-state index in [1.807, 2.05) is 26.8 Å². The Hall–Kier alpha value is -1.63. The van der Waals surface area contributed by atoms with E-state index < -0.39 is 11.7 Å². The van der Waals surface area contributed by atoms with Crippen LogP contribution in [-0.4, -0.2) is 57.6 Å². The second kappa shape index (κ2) is 8.17. The number of aromatic nitrogens is 1. The minimum Gasteiger partial charge on any atom is -0.444 e. The molecule has 1 aliphatic heterocycles. The summed E-state index contributed by atoms with van der Waals surface area (Å²) in [5.74, 6) is 0. The smallest absolute Gasteiger partial charge is 0.410 e. The van der Waals surface area contributed by atoms with Gasteiger partial charge in [-0.2, -0.15) is 0 Å². The van der Waals surface area contributed by atoms with Crippen molar-refractivity contribution in [3.63, 3.8) is 0 Å². The molecule has 0 aliphatic carbocycles. The SMILES string of the molecule is CC(C)(C)OC(=O)N1CC=C(c2ncc(CC(O)CO)cc2Cl)CC1. The molecule has 0 aromatic carbocycles. The minimum absolute atomic E-state index is 0.301. The van der Waals surface area contributed by atoms with Gasteiger partial charge in [0.15, 0.2) is 0 Å². The van der Waals surface area contributed by atoms with Gasteiger partial charge in [-0.15, -0.1) is 0 Å². The zero-order chi connectivity index (χ0) is 18.6. The lowest BCUT2D eigenvalue weighted by Gasteiger charge is -2.29. The Balaban J connectivity index is 2.05. The number of carbonyl (C=O) groups is 1. The number of hydrogen-bond donors (Lipinski definition) is 2. The highest BCUT2D eigenvalue weighted by Gasteiger charge is 2.24. The highest BCUT2D eigenvalue weighted by atomic mass is 35.5. The Bertz CT molecular complexity index is 655. The summed E-state index contributed by atoms with van der Waals surface area (Å²) in [5, 5.41) is 18.9. The van der Waals surface area contributed by atoms with E-state index in [4.69, 9.17) is 21.4 Å². The molecule has 0 fully saturated rings. The van der Waals surface area contributed by atoms with Crippen LogP contribution in [0.3, 0.4) is 0 Å². The van der Waals surface area contributed by atoms with Crippen LogP contribution in [-0.2, 0) is 11.2 Å². The molecular formula is C18H25ClN2O4. The standard InChI is InChI=1S/C18H25ClN2O4/c1-18(2,3)25-17(24)21-6-4-13(5-7-21)16-15(19)9-12(10-20-16)8-14(23)11-22/h4,9-10,14,22-23H,5-8,11H2,1-3H3. The summed E-state index contributed by atoms with van der Waals surface area (Å²) in [6.07, 6.45) is 3.39. The highest BCUT2D eigenvalue weighted by molar-refractivity contribution is 6.32. The monoisotopic (exact) mass is 368 g/mol. The summed E-state index contributed by atoms with van der Waals surface area (Å²) in [6, 6.07) is 1.75. The molecule has 1 aliphatic rings. The number of aliphatic hydroxyl groups is 2. The molecule has 2 rings (SSSR count). The van der Waals surface area contributed by atoms with Crippen LogP contribution in [0.15, 0.2) is 18.3 Å². The molecule has 6 nitrogen and oxygen atoms in total. The fraction of sp³-hybridized carbons (Fsp3) is 0.556. The van der Waals surface area contributed by atoms with E-state index in [9.17, 15) is 9.90 Å². The lowest BCUT2D eigenvalue weighted by Crippen LogP contribution is -2.39. The van der Waals surface area contributed by atoms with Gasteiger partial charge < -0.3 is 19.8 Å². The Morgan fingerprint density at radius 3 is 2.72 bits per heavy atom. The van der Waals surface area contributed by atoms with Crippen molar-refractivity contribution in [2.24, 2.45) is 0 Å². The van der Waals surface area contributed by atoms with Crippen LogP contribution in [0, 0.1) is 0 Å². The van der Waals surface area contributed by atoms with Crippen molar-refractivity contribution < 1.29 is 19.7 Å². The molecule has 1 amide bonds. The third kappa shape index (κ3) is 5.70. The molecule has 0 saturated heterocycles. The van der Waals surface area contributed by atoms with E-state index in [0.29, 0.717) is 36.6 Å². The fourth-order valence-corrected chi connectivity index (χ4v) is 2.85. The number of halogens is 1. The van der Waals surface area contributed by atoms with Crippen molar-refractivity contribution in [3.05, 3.63) is 34.6 Å². The number of aliphatic hydroxyl groups excluding tert-OH is 2. The Morgan fingerprint density at radius 1 is 1.48 bits per heavy atom. The molecule has 138 valence electrons. The van der Waals surface area contributed by atoms with Crippen LogP contribution in [0.1, 0.15) is 38.4 Å². The lowest BCUT2D eigenvalue weighted by molar-refractivity contribution is 0.0270. The summed E-state index contributed by atoms with van der Waals surface area (Å²) >= 11 is 6.32. The van der Waals surface area contributed by atoms with Crippen LogP contribution in [0.25, 0.3) is 5.57 Å². The van der Waals surface area contributed by atoms with Gasteiger partial charge in [0.25, 0.3) is 0 Å². The Labute approximate surface area is 153 Å². The van der Waals surface area contributed by atoms with Gasteiger partial charge in [0.1, 0.15) is 5.60 Å². The van der Waals surface area contributed by atoms with E-state index in [-0.39, 0.29) is 12.7 Å². The van der Waals surface area contributed by atoms with E-state index in [0.717, 1.165) is 11.1 Å². The topological polar surface area (TPSA) is 82.9 Å². The molecule has 1 aromatic rings. The van der Waals surface area contributed by atoms with E-state index in [2.05, 4.69) is 4.98 Å². The zero-order valence-corrected chi connectivity index (χ0v) is 15.6. The van der Waals surface area contributed by atoms with Gasteiger partial charge in [-0.25, -0.2) is 4.79 Å². The van der Waals surface area contributed by atoms with Gasteiger partial charge in [-0.1, -0.05) is 17.7 Å². The number of nitrogens with zero attached hydrogens (tertiary/aromatic N) is 2. The summed E-state index contributed by atoms with van der Waals surface area (Å²) in [4.78, 5) is 18.1. The first-order valence-electron chi connectivity index (χ1n) is 8.30. The number of amides is 1. The van der Waals surface area contributed by atoms with E-state index in [1.165, 1.54) is 0 Å². The molecule has 0 radical (unpaired) electrons. The first-order valence-corrected chi connectivity index (χ1v) is 8.68. The van der Waals surface area contributed by atoms with E-state index >= 15 is 0 Å². The average Bonchev–Trinajstić information content (AvgIpc) is 2.53. The van der Waals surface area contributed by atoms with Gasteiger partial charge >= 0.3 is 6.09 Å². The van der Waals surface area contributed by atoms with Crippen molar-refractivity contribution in [3.8, 4) is 0 Å².